The fourth-order valence-electron chi connectivity index (χ4n) is 3.82. The molecule has 0 bridgehead atoms. The van der Waals surface area contributed by atoms with Crippen LogP contribution in [0.1, 0.15) is 62.3 Å². The number of aryl methyl sites for hydroxylation is 3. The molecule has 0 fully saturated rings. The van der Waals surface area contributed by atoms with Crippen LogP contribution in [-0.2, 0) is 26.2 Å². The van der Waals surface area contributed by atoms with Gasteiger partial charge in [0, 0.05) is 25.6 Å². The first-order chi connectivity index (χ1) is 16.8. The Morgan fingerprint density at radius 1 is 0.972 bits per heavy atom. The van der Waals surface area contributed by atoms with Gasteiger partial charge in [-0.1, -0.05) is 42.8 Å². The molecular formula is C28H41N3O4S. The van der Waals surface area contributed by atoms with Gasteiger partial charge >= 0.3 is 0 Å². The van der Waals surface area contributed by atoms with Gasteiger partial charge in [-0.2, -0.15) is 0 Å². The second kappa shape index (κ2) is 12.9. The van der Waals surface area contributed by atoms with Crippen LogP contribution in [0.3, 0.4) is 0 Å². The van der Waals surface area contributed by atoms with Gasteiger partial charge in [-0.15, -0.1) is 0 Å². The molecule has 8 heteroatoms. The molecule has 198 valence electrons. The lowest BCUT2D eigenvalue weighted by Gasteiger charge is -2.30. The average Bonchev–Trinajstić information content (AvgIpc) is 2.81. The highest BCUT2D eigenvalue weighted by atomic mass is 32.2. The molecule has 0 saturated carbocycles. The molecule has 2 amide bonds. The van der Waals surface area contributed by atoms with E-state index in [4.69, 9.17) is 0 Å². The van der Waals surface area contributed by atoms with Crippen molar-refractivity contribution in [2.24, 2.45) is 0 Å². The minimum atomic E-state index is -3.52. The van der Waals surface area contributed by atoms with E-state index in [9.17, 15) is 18.0 Å². The largest absolute Gasteiger partial charge is 0.352 e. The number of carbonyl (C=O) groups is 2. The smallest absolute Gasteiger partial charge is 0.242 e. The van der Waals surface area contributed by atoms with Crippen molar-refractivity contribution in [1.29, 1.82) is 0 Å². The molecule has 2 aromatic rings. The van der Waals surface area contributed by atoms with Crippen molar-refractivity contribution in [3.63, 3.8) is 0 Å². The molecule has 0 aliphatic heterocycles. The molecule has 0 unspecified atom stereocenters. The Bertz CT molecular complexity index is 1150. The quantitative estimate of drug-likeness (QED) is 0.451. The zero-order chi connectivity index (χ0) is 27.0. The van der Waals surface area contributed by atoms with E-state index in [1.807, 2.05) is 71.0 Å². The monoisotopic (exact) mass is 515 g/mol. The minimum Gasteiger partial charge on any atom is -0.352 e. The highest BCUT2D eigenvalue weighted by Crippen LogP contribution is 2.22. The van der Waals surface area contributed by atoms with Crippen molar-refractivity contribution in [2.45, 2.75) is 79.4 Å². The van der Waals surface area contributed by atoms with Gasteiger partial charge < -0.3 is 10.2 Å². The first-order valence-corrected chi connectivity index (χ1v) is 14.4. The number of anilines is 1. The molecular weight excluding hydrogens is 474 g/mol. The predicted molar refractivity (Wildman–Crippen MR) is 146 cm³/mol. The summed E-state index contributed by atoms with van der Waals surface area (Å²) < 4.78 is 26.4. The van der Waals surface area contributed by atoms with Crippen LogP contribution in [0.25, 0.3) is 0 Å². The Balaban J connectivity index is 2.18. The summed E-state index contributed by atoms with van der Waals surface area (Å²) in [6.45, 7) is 12.1. The van der Waals surface area contributed by atoms with E-state index < -0.39 is 16.1 Å². The van der Waals surface area contributed by atoms with Gasteiger partial charge in [-0.25, -0.2) is 8.42 Å². The number of rotatable bonds is 12. The number of nitrogens with zero attached hydrogens (tertiary/aromatic N) is 2. The number of amides is 2. The maximum atomic E-state index is 13.4. The first kappa shape index (κ1) is 29.4. The summed E-state index contributed by atoms with van der Waals surface area (Å²) in [5.74, 6) is -0.381. The van der Waals surface area contributed by atoms with E-state index in [2.05, 4.69) is 5.32 Å². The van der Waals surface area contributed by atoms with E-state index >= 15 is 0 Å². The van der Waals surface area contributed by atoms with Crippen LogP contribution in [0.2, 0.25) is 0 Å². The summed E-state index contributed by atoms with van der Waals surface area (Å²) in [6.07, 6.45) is 2.44. The highest BCUT2D eigenvalue weighted by Gasteiger charge is 2.27. The molecule has 0 aliphatic rings. The lowest BCUT2D eigenvalue weighted by atomic mass is 10.1. The molecule has 0 radical (unpaired) electrons. The maximum absolute atomic E-state index is 13.4. The Morgan fingerprint density at radius 3 is 2.17 bits per heavy atom. The molecule has 0 spiro atoms. The fourth-order valence-corrected chi connectivity index (χ4v) is 4.78. The van der Waals surface area contributed by atoms with Crippen molar-refractivity contribution in [2.75, 3.05) is 17.1 Å². The zero-order valence-corrected chi connectivity index (χ0v) is 23.5. The molecule has 7 nitrogen and oxygen atoms in total. The SMILES string of the molecule is CC[C@@H](C)NC(=O)[C@H](C)N(Cc1ccc(C)cc1)C(=O)CCCN(c1ccc(C)c(C)c1)S(C)(=O)=O. The van der Waals surface area contributed by atoms with Crippen molar-refractivity contribution in [3.05, 3.63) is 64.7 Å². The fraction of sp³-hybridized carbons (Fsp3) is 0.500. The number of benzene rings is 2. The minimum absolute atomic E-state index is 0.0116. The van der Waals surface area contributed by atoms with Gasteiger partial charge in [-0.3, -0.25) is 13.9 Å². The van der Waals surface area contributed by atoms with Crippen LogP contribution < -0.4 is 9.62 Å². The Labute approximate surface area is 216 Å². The average molecular weight is 516 g/mol. The molecule has 2 rings (SSSR count). The molecule has 2 atom stereocenters. The standard InChI is InChI=1S/C28H41N3O4S/c1-8-23(5)29-28(33)24(6)30(19-25-14-11-20(2)12-15-25)27(32)10-9-17-31(36(7,34)35)26-16-13-21(3)22(4)18-26/h11-16,18,23-24H,8-10,17,19H2,1-7H3,(H,29,33)/t23-,24+/m1/s1. The molecule has 0 aliphatic carbocycles. The van der Waals surface area contributed by atoms with Crippen LogP contribution in [0, 0.1) is 20.8 Å². The second-order valence-corrected chi connectivity index (χ2v) is 11.6. The van der Waals surface area contributed by atoms with Gasteiger partial charge in [-0.05, 0) is 76.3 Å². The van der Waals surface area contributed by atoms with Crippen molar-refractivity contribution >= 4 is 27.5 Å². The lowest BCUT2D eigenvalue weighted by molar-refractivity contribution is -0.140. The maximum Gasteiger partial charge on any atom is 0.242 e. The third-order valence-electron chi connectivity index (χ3n) is 6.57. The predicted octanol–water partition coefficient (Wildman–Crippen LogP) is 4.49. The topological polar surface area (TPSA) is 86.8 Å². The van der Waals surface area contributed by atoms with E-state index in [1.54, 1.807) is 17.9 Å². The summed E-state index contributed by atoms with van der Waals surface area (Å²) in [6, 6.07) is 12.8. The molecule has 36 heavy (non-hydrogen) atoms. The number of carbonyl (C=O) groups excluding carboxylic acids is 2. The van der Waals surface area contributed by atoms with Gasteiger partial charge in [0.05, 0.1) is 11.9 Å². The lowest BCUT2D eigenvalue weighted by Crippen LogP contribution is -2.49. The molecule has 0 heterocycles. The number of hydrogen-bond acceptors (Lipinski definition) is 4. The second-order valence-electron chi connectivity index (χ2n) is 9.71. The summed E-state index contributed by atoms with van der Waals surface area (Å²) in [7, 11) is -3.52. The molecule has 0 aromatic heterocycles. The van der Waals surface area contributed by atoms with Crippen LogP contribution in [-0.4, -0.2) is 50.0 Å². The van der Waals surface area contributed by atoms with Crippen molar-refractivity contribution in [3.8, 4) is 0 Å². The summed E-state index contributed by atoms with van der Waals surface area (Å²) in [5, 5.41) is 2.96. The highest BCUT2D eigenvalue weighted by molar-refractivity contribution is 7.92. The van der Waals surface area contributed by atoms with E-state index in [1.165, 1.54) is 10.6 Å². The summed E-state index contributed by atoms with van der Waals surface area (Å²) >= 11 is 0. The summed E-state index contributed by atoms with van der Waals surface area (Å²) in [5.41, 5.74) is 4.73. The molecule has 1 N–H and O–H groups in total. The molecule has 2 aromatic carbocycles. The zero-order valence-electron chi connectivity index (χ0n) is 22.7. The van der Waals surface area contributed by atoms with E-state index in [0.29, 0.717) is 18.7 Å². The van der Waals surface area contributed by atoms with Gasteiger partial charge in [0.1, 0.15) is 6.04 Å². The Morgan fingerprint density at radius 2 is 1.61 bits per heavy atom. The summed E-state index contributed by atoms with van der Waals surface area (Å²) in [4.78, 5) is 27.8. The van der Waals surface area contributed by atoms with Gasteiger partial charge in [0.15, 0.2) is 0 Å². The number of hydrogen-bond donors (Lipinski definition) is 1. The van der Waals surface area contributed by atoms with Crippen molar-refractivity contribution in [1.82, 2.24) is 10.2 Å². The van der Waals surface area contributed by atoms with Gasteiger partial charge in [0.2, 0.25) is 21.8 Å². The first-order valence-electron chi connectivity index (χ1n) is 12.5. The Hall–Kier alpha value is -2.87. The normalized spacial score (nSPS) is 13.1. The number of nitrogens with one attached hydrogen (secondary N) is 1. The van der Waals surface area contributed by atoms with E-state index in [0.717, 1.165) is 28.7 Å². The van der Waals surface area contributed by atoms with Gasteiger partial charge in [0.25, 0.3) is 0 Å². The van der Waals surface area contributed by atoms with Crippen LogP contribution in [0.4, 0.5) is 5.69 Å². The van der Waals surface area contributed by atoms with Crippen molar-refractivity contribution < 1.29 is 18.0 Å². The Kier molecular flexibility index (Phi) is 10.5. The van der Waals surface area contributed by atoms with Crippen LogP contribution in [0.15, 0.2) is 42.5 Å². The van der Waals surface area contributed by atoms with Crippen LogP contribution in [0.5, 0.6) is 0 Å². The number of sulfonamides is 1. The molecule has 0 saturated heterocycles. The third-order valence-corrected chi connectivity index (χ3v) is 7.77. The third kappa shape index (κ3) is 8.36. The van der Waals surface area contributed by atoms with E-state index in [-0.39, 0.29) is 30.8 Å². The van der Waals surface area contributed by atoms with Crippen LogP contribution >= 0.6 is 0 Å².